The third kappa shape index (κ3) is 7.72. The second kappa shape index (κ2) is 13.5. The summed E-state index contributed by atoms with van der Waals surface area (Å²) >= 11 is 0. The largest absolute Gasteiger partial charge is 0.397 e. The monoisotopic (exact) mass is 522 g/mol. The first-order valence-electron chi connectivity index (χ1n) is 12.6. The summed E-state index contributed by atoms with van der Waals surface area (Å²) in [5.74, 6) is -2.26. The van der Waals surface area contributed by atoms with Gasteiger partial charge in [-0.15, -0.1) is 0 Å². The minimum absolute atomic E-state index is 0.348. The molecule has 0 aliphatic heterocycles. The van der Waals surface area contributed by atoms with Gasteiger partial charge in [-0.25, -0.2) is 0 Å². The number of nitrogen functional groups attached to an aromatic ring is 1. The maximum Gasteiger partial charge on any atom is 0.255 e. The van der Waals surface area contributed by atoms with E-state index in [2.05, 4.69) is 25.9 Å². The van der Waals surface area contributed by atoms with Gasteiger partial charge >= 0.3 is 0 Å². The highest BCUT2D eigenvalue weighted by Crippen LogP contribution is 2.21. The van der Waals surface area contributed by atoms with Crippen molar-refractivity contribution < 1.29 is 14.4 Å². The van der Waals surface area contributed by atoms with E-state index in [0.717, 1.165) is 11.1 Å². The highest BCUT2D eigenvalue weighted by Gasteiger charge is 2.28. The average molecular weight is 523 g/mol. The molecule has 9 nitrogen and oxygen atoms in total. The number of hydrogen-bond acceptors (Lipinski definition) is 6. The predicted octanol–water partition coefficient (Wildman–Crippen LogP) is 3.11. The van der Waals surface area contributed by atoms with Crippen molar-refractivity contribution in [3.05, 3.63) is 120 Å². The third-order valence-corrected chi connectivity index (χ3v) is 6.16. The number of carbonyl (C=O) groups excluding carboxylic acids is 3. The van der Waals surface area contributed by atoms with E-state index in [-0.39, 0.29) is 5.91 Å². The zero-order valence-corrected chi connectivity index (χ0v) is 21.3. The Morgan fingerprint density at radius 2 is 1.21 bits per heavy atom. The van der Waals surface area contributed by atoms with Gasteiger partial charge in [0.15, 0.2) is 0 Å². The van der Waals surface area contributed by atoms with Crippen LogP contribution in [0.3, 0.4) is 0 Å². The number of amides is 3. The first kappa shape index (κ1) is 27.0. The number of pyridine rings is 2. The Balaban J connectivity index is 1.45. The van der Waals surface area contributed by atoms with Crippen LogP contribution in [0.15, 0.2) is 97.6 Å². The molecule has 0 spiro atoms. The lowest BCUT2D eigenvalue weighted by Gasteiger charge is -2.18. The normalized spacial score (nSPS) is 10.6. The van der Waals surface area contributed by atoms with Gasteiger partial charge in [0, 0.05) is 43.4 Å². The van der Waals surface area contributed by atoms with Crippen molar-refractivity contribution in [2.75, 3.05) is 24.1 Å². The fourth-order valence-electron chi connectivity index (χ4n) is 4.02. The van der Waals surface area contributed by atoms with Crippen molar-refractivity contribution >= 4 is 29.1 Å². The van der Waals surface area contributed by atoms with E-state index >= 15 is 0 Å². The fourth-order valence-corrected chi connectivity index (χ4v) is 4.02. The molecule has 0 unspecified atom stereocenters. The van der Waals surface area contributed by atoms with Gasteiger partial charge < -0.3 is 21.7 Å². The molecular formula is C30H30N6O3. The minimum atomic E-state index is -1.08. The van der Waals surface area contributed by atoms with Crippen molar-refractivity contribution in [2.45, 2.75) is 18.8 Å². The van der Waals surface area contributed by atoms with E-state index in [9.17, 15) is 14.4 Å². The molecule has 0 fully saturated rings. The highest BCUT2D eigenvalue weighted by molar-refractivity contribution is 6.07. The van der Waals surface area contributed by atoms with E-state index in [1.807, 2.05) is 24.3 Å². The molecule has 39 heavy (non-hydrogen) atoms. The maximum absolute atomic E-state index is 13.2. The van der Waals surface area contributed by atoms with Crippen LogP contribution in [0, 0.1) is 0 Å². The number of para-hydroxylation sites is 2. The summed E-state index contributed by atoms with van der Waals surface area (Å²) in [5.41, 5.74) is 9.79. The molecule has 3 amide bonds. The molecule has 0 aliphatic carbocycles. The Morgan fingerprint density at radius 1 is 0.692 bits per heavy atom. The molecule has 0 saturated heterocycles. The van der Waals surface area contributed by atoms with Gasteiger partial charge in [-0.05, 0) is 78.1 Å². The van der Waals surface area contributed by atoms with Gasteiger partial charge in [-0.1, -0.05) is 24.3 Å². The number of hydrogen-bond donors (Lipinski definition) is 4. The summed E-state index contributed by atoms with van der Waals surface area (Å²) in [5, 5.41) is 8.52. The Kier molecular flexibility index (Phi) is 9.33. The molecule has 5 N–H and O–H groups in total. The zero-order chi connectivity index (χ0) is 27.5. The van der Waals surface area contributed by atoms with E-state index < -0.39 is 17.7 Å². The summed E-state index contributed by atoms with van der Waals surface area (Å²) in [6.45, 7) is 0.727. The number of nitrogens with two attached hydrogens (primary N) is 1. The van der Waals surface area contributed by atoms with Gasteiger partial charge in [0.05, 0.1) is 11.4 Å². The lowest BCUT2D eigenvalue weighted by Crippen LogP contribution is -2.41. The number of nitrogens with zero attached hydrogens (tertiary/aromatic N) is 2. The molecule has 0 saturated carbocycles. The van der Waals surface area contributed by atoms with Crippen molar-refractivity contribution in [1.29, 1.82) is 0 Å². The van der Waals surface area contributed by atoms with Crippen LogP contribution in [-0.2, 0) is 22.4 Å². The zero-order valence-electron chi connectivity index (χ0n) is 21.3. The summed E-state index contributed by atoms with van der Waals surface area (Å²) in [7, 11) is 0. The van der Waals surface area contributed by atoms with Gasteiger partial charge in [0.1, 0.15) is 5.92 Å². The number of anilines is 2. The molecule has 2 aromatic heterocycles. The van der Waals surface area contributed by atoms with Crippen molar-refractivity contribution in [3.8, 4) is 0 Å². The van der Waals surface area contributed by atoms with Gasteiger partial charge in [0.2, 0.25) is 11.8 Å². The molecule has 9 heteroatoms. The van der Waals surface area contributed by atoms with Crippen LogP contribution in [0.2, 0.25) is 0 Å². The van der Waals surface area contributed by atoms with E-state index in [1.165, 1.54) is 0 Å². The summed E-state index contributed by atoms with van der Waals surface area (Å²) in [6, 6.07) is 20.9. The Bertz CT molecular complexity index is 1340. The number of nitrogens with one attached hydrogen (secondary N) is 3. The summed E-state index contributed by atoms with van der Waals surface area (Å²) in [4.78, 5) is 47.2. The molecule has 0 bridgehead atoms. The molecular weight excluding hydrogens is 492 g/mol. The number of carbonyl (C=O) groups is 3. The smallest absolute Gasteiger partial charge is 0.255 e. The molecule has 0 atom stereocenters. The summed E-state index contributed by atoms with van der Waals surface area (Å²) < 4.78 is 0. The molecule has 4 rings (SSSR count). The second-order valence-electron chi connectivity index (χ2n) is 8.89. The van der Waals surface area contributed by atoms with Crippen LogP contribution >= 0.6 is 0 Å². The maximum atomic E-state index is 13.2. The Hall–Kier alpha value is -5.05. The van der Waals surface area contributed by atoms with Gasteiger partial charge in [0.25, 0.3) is 5.91 Å². The Labute approximate surface area is 226 Å². The minimum Gasteiger partial charge on any atom is -0.397 e. The molecule has 198 valence electrons. The molecule has 0 radical (unpaired) electrons. The number of aromatic nitrogens is 2. The van der Waals surface area contributed by atoms with Crippen molar-refractivity contribution in [1.82, 2.24) is 20.6 Å². The van der Waals surface area contributed by atoms with E-state index in [4.69, 9.17) is 5.73 Å². The first-order valence-corrected chi connectivity index (χ1v) is 12.6. The van der Waals surface area contributed by atoms with Crippen molar-refractivity contribution in [3.63, 3.8) is 0 Å². The van der Waals surface area contributed by atoms with Crippen LogP contribution in [0.5, 0.6) is 0 Å². The molecule has 4 aromatic rings. The van der Waals surface area contributed by atoms with Gasteiger partial charge in [-0.3, -0.25) is 24.4 Å². The molecule has 2 heterocycles. The quantitative estimate of drug-likeness (QED) is 0.176. The molecule has 0 aliphatic rings. The third-order valence-electron chi connectivity index (χ3n) is 6.16. The Morgan fingerprint density at radius 3 is 1.72 bits per heavy atom. The molecule has 2 aromatic carbocycles. The van der Waals surface area contributed by atoms with Crippen molar-refractivity contribution in [2.24, 2.45) is 0 Å². The lowest BCUT2D eigenvalue weighted by atomic mass is 9.95. The topological polar surface area (TPSA) is 139 Å². The standard InChI is InChI=1S/C30H30N6O3/c31-25-3-1-2-4-26(25)36-28(37)24-7-5-23(6-8-24)27(29(38)34-19-13-21-9-15-32-16-10-21)30(39)35-20-14-22-11-17-33-18-12-22/h1-12,15-18,27H,13-14,19-20,31H2,(H,34,38)(H,35,39)(H,36,37). The van der Waals surface area contributed by atoms with Crippen LogP contribution in [0.1, 0.15) is 33.0 Å². The van der Waals surface area contributed by atoms with E-state index in [0.29, 0.717) is 48.4 Å². The predicted molar refractivity (Wildman–Crippen MR) is 150 cm³/mol. The summed E-state index contributed by atoms with van der Waals surface area (Å²) in [6.07, 6.45) is 7.99. The first-order chi connectivity index (χ1) is 19.0. The van der Waals surface area contributed by atoms with Gasteiger partial charge in [-0.2, -0.15) is 0 Å². The van der Waals surface area contributed by atoms with E-state index in [1.54, 1.807) is 73.3 Å². The van der Waals surface area contributed by atoms with Crippen LogP contribution in [0.4, 0.5) is 11.4 Å². The van der Waals surface area contributed by atoms with Crippen LogP contribution < -0.4 is 21.7 Å². The number of benzene rings is 2. The van der Waals surface area contributed by atoms with Crippen LogP contribution in [0.25, 0.3) is 0 Å². The SMILES string of the molecule is Nc1ccccc1NC(=O)c1ccc(C(C(=O)NCCc2ccncc2)C(=O)NCCc2ccncc2)cc1. The second-order valence-corrected chi connectivity index (χ2v) is 8.89. The number of rotatable bonds is 11. The lowest BCUT2D eigenvalue weighted by molar-refractivity contribution is -0.131. The average Bonchev–Trinajstić information content (AvgIpc) is 2.96. The fraction of sp³-hybridized carbons (Fsp3) is 0.167. The highest BCUT2D eigenvalue weighted by atomic mass is 16.2. The van der Waals surface area contributed by atoms with Crippen LogP contribution in [-0.4, -0.2) is 40.8 Å².